The Kier molecular flexibility index (Phi) is 3.90. The zero-order chi connectivity index (χ0) is 13.3. The lowest BCUT2D eigenvalue weighted by molar-refractivity contribution is 0.0914. The molecule has 0 aliphatic heterocycles. The van der Waals surface area contributed by atoms with E-state index in [1.807, 2.05) is 6.92 Å². The minimum atomic E-state index is -0.0204. The maximum atomic E-state index is 12.2. The molecule has 3 N–H and O–H groups in total. The van der Waals surface area contributed by atoms with Gasteiger partial charge in [-0.3, -0.25) is 4.79 Å². The molecule has 0 radical (unpaired) electrons. The summed E-state index contributed by atoms with van der Waals surface area (Å²) in [4.78, 5) is 16.9. The van der Waals surface area contributed by atoms with Gasteiger partial charge in [0.15, 0.2) is 5.13 Å². The van der Waals surface area contributed by atoms with Crippen LogP contribution >= 0.6 is 11.3 Å². The highest BCUT2D eigenvalue weighted by Gasteiger charge is 2.26. The van der Waals surface area contributed by atoms with Crippen LogP contribution in [0.3, 0.4) is 0 Å². The molecular weight excluding hydrogens is 246 g/mol. The van der Waals surface area contributed by atoms with Crippen molar-refractivity contribution >= 4 is 22.4 Å². The lowest BCUT2D eigenvalue weighted by atomic mass is 9.80. The molecule has 2 unspecified atom stereocenters. The van der Waals surface area contributed by atoms with E-state index in [1.165, 1.54) is 17.8 Å². The number of carbonyl (C=O) groups excluding carboxylic acids is 1. The number of thiazole rings is 1. The molecule has 1 aliphatic rings. The van der Waals surface area contributed by atoms with Crippen LogP contribution in [-0.4, -0.2) is 16.9 Å². The summed E-state index contributed by atoms with van der Waals surface area (Å²) in [5.41, 5.74) is 6.35. The van der Waals surface area contributed by atoms with E-state index in [0.717, 1.165) is 18.5 Å². The van der Waals surface area contributed by atoms with Crippen molar-refractivity contribution in [3.8, 4) is 0 Å². The van der Waals surface area contributed by atoms with E-state index >= 15 is 0 Å². The first-order valence-corrected chi connectivity index (χ1v) is 7.31. The van der Waals surface area contributed by atoms with Gasteiger partial charge in [0, 0.05) is 6.04 Å². The number of nitrogens with two attached hydrogens (primary N) is 1. The molecule has 0 saturated heterocycles. The molecule has 2 rings (SSSR count). The predicted molar refractivity (Wildman–Crippen MR) is 74.7 cm³/mol. The smallest absolute Gasteiger partial charge is 0.263 e. The van der Waals surface area contributed by atoms with Gasteiger partial charge < -0.3 is 11.1 Å². The number of hydrogen-bond donors (Lipinski definition) is 2. The van der Waals surface area contributed by atoms with Crippen LogP contribution in [0.4, 0.5) is 5.13 Å². The Morgan fingerprint density at radius 2 is 1.94 bits per heavy atom. The molecule has 1 amide bonds. The lowest BCUT2D eigenvalue weighted by Crippen LogP contribution is -2.39. The summed E-state index contributed by atoms with van der Waals surface area (Å²) in [5, 5.41) is 3.59. The summed E-state index contributed by atoms with van der Waals surface area (Å²) in [5.74, 6) is 1.35. The highest BCUT2D eigenvalue weighted by molar-refractivity contribution is 7.17. The number of anilines is 1. The number of hydrogen-bond acceptors (Lipinski definition) is 4. The van der Waals surface area contributed by atoms with Gasteiger partial charge in [-0.1, -0.05) is 25.2 Å². The second kappa shape index (κ2) is 5.26. The molecule has 0 aromatic carbocycles. The average molecular weight is 267 g/mol. The SMILES string of the molecule is Cc1nc(N)sc1C(=O)NC1CC(C)CC(C)C1. The molecule has 100 valence electrons. The van der Waals surface area contributed by atoms with E-state index in [2.05, 4.69) is 24.1 Å². The summed E-state index contributed by atoms with van der Waals surface area (Å²) >= 11 is 1.27. The predicted octanol–water partition coefficient (Wildman–Crippen LogP) is 2.59. The first kappa shape index (κ1) is 13.3. The van der Waals surface area contributed by atoms with Crippen LogP contribution in [0.15, 0.2) is 0 Å². The third-order valence-electron chi connectivity index (χ3n) is 3.53. The van der Waals surface area contributed by atoms with E-state index < -0.39 is 0 Å². The number of rotatable bonds is 2. The molecule has 0 bridgehead atoms. The van der Waals surface area contributed by atoms with Crippen molar-refractivity contribution in [1.82, 2.24) is 10.3 Å². The largest absolute Gasteiger partial charge is 0.375 e. The molecule has 1 aromatic rings. The Bertz CT molecular complexity index is 433. The number of nitrogen functional groups attached to an aromatic ring is 1. The fraction of sp³-hybridized carbons (Fsp3) is 0.692. The van der Waals surface area contributed by atoms with Gasteiger partial charge in [0.1, 0.15) is 4.88 Å². The third kappa shape index (κ3) is 3.02. The van der Waals surface area contributed by atoms with Crippen LogP contribution in [0.25, 0.3) is 0 Å². The van der Waals surface area contributed by atoms with Gasteiger partial charge in [0.05, 0.1) is 5.69 Å². The van der Waals surface area contributed by atoms with Crippen molar-refractivity contribution in [2.45, 2.75) is 46.1 Å². The molecule has 1 saturated carbocycles. The molecule has 4 nitrogen and oxygen atoms in total. The summed E-state index contributed by atoms with van der Waals surface area (Å²) in [7, 11) is 0. The molecule has 1 fully saturated rings. The Morgan fingerprint density at radius 3 is 2.44 bits per heavy atom. The summed E-state index contributed by atoms with van der Waals surface area (Å²) in [6.45, 7) is 6.34. The molecule has 1 heterocycles. The van der Waals surface area contributed by atoms with Crippen molar-refractivity contribution in [2.24, 2.45) is 11.8 Å². The van der Waals surface area contributed by atoms with Gasteiger partial charge in [-0.15, -0.1) is 0 Å². The number of nitrogens with one attached hydrogen (secondary N) is 1. The minimum absolute atomic E-state index is 0.0204. The molecule has 1 aliphatic carbocycles. The van der Waals surface area contributed by atoms with Gasteiger partial charge in [0.25, 0.3) is 5.91 Å². The fourth-order valence-corrected chi connectivity index (χ4v) is 3.68. The van der Waals surface area contributed by atoms with Crippen molar-refractivity contribution in [3.63, 3.8) is 0 Å². The van der Waals surface area contributed by atoms with Gasteiger partial charge in [-0.25, -0.2) is 4.98 Å². The summed E-state index contributed by atoms with van der Waals surface area (Å²) in [6.07, 6.45) is 3.41. The van der Waals surface area contributed by atoms with E-state index in [9.17, 15) is 4.79 Å². The fourth-order valence-electron chi connectivity index (χ4n) is 2.94. The molecule has 2 atom stereocenters. The summed E-state index contributed by atoms with van der Waals surface area (Å²) < 4.78 is 0. The number of nitrogens with zero attached hydrogens (tertiary/aromatic N) is 1. The number of aromatic nitrogens is 1. The molecule has 5 heteroatoms. The highest BCUT2D eigenvalue weighted by Crippen LogP contribution is 2.29. The summed E-state index contributed by atoms with van der Waals surface area (Å²) in [6, 6.07) is 0.291. The van der Waals surface area contributed by atoms with Crippen molar-refractivity contribution in [3.05, 3.63) is 10.6 Å². The van der Waals surface area contributed by atoms with Crippen LogP contribution in [0.2, 0.25) is 0 Å². The van der Waals surface area contributed by atoms with Crippen LogP contribution in [-0.2, 0) is 0 Å². The van der Waals surface area contributed by atoms with Crippen LogP contribution in [0, 0.1) is 18.8 Å². The van der Waals surface area contributed by atoms with E-state index in [4.69, 9.17) is 5.73 Å². The zero-order valence-electron chi connectivity index (χ0n) is 11.2. The number of aryl methyl sites for hydroxylation is 1. The van der Waals surface area contributed by atoms with Gasteiger partial charge in [-0.05, 0) is 38.0 Å². The first-order chi connectivity index (χ1) is 8.45. The molecular formula is C13H21N3OS. The van der Waals surface area contributed by atoms with Gasteiger partial charge in [0.2, 0.25) is 0 Å². The maximum absolute atomic E-state index is 12.2. The quantitative estimate of drug-likeness (QED) is 0.865. The second-order valence-corrected chi connectivity index (χ2v) is 6.59. The lowest BCUT2D eigenvalue weighted by Gasteiger charge is -2.31. The normalized spacial score (nSPS) is 28.1. The molecule has 0 spiro atoms. The van der Waals surface area contributed by atoms with Crippen LogP contribution in [0.1, 0.15) is 48.5 Å². The van der Waals surface area contributed by atoms with Gasteiger partial charge in [-0.2, -0.15) is 0 Å². The van der Waals surface area contributed by atoms with E-state index in [1.54, 1.807) is 0 Å². The second-order valence-electron chi connectivity index (χ2n) is 5.55. The third-order valence-corrected chi connectivity index (χ3v) is 4.52. The van der Waals surface area contributed by atoms with Crippen molar-refractivity contribution in [2.75, 3.05) is 5.73 Å². The minimum Gasteiger partial charge on any atom is -0.375 e. The Hall–Kier alpha value is -1.10. The molecule has 1 aromatic heterocycles. The average Bonchev–Trinajstić information content (AvgIpc) is 2.56. The van der Waals surface area contributed by atoms with Crippen LogP contribution < -0.4 is 11.1 Å². The first-order valence-electron chi connectivity index (χ1n) is 6.49. The van der Waals surface area contributed by atoms with Gasteiger partial charge >= 0.3 is 0 Å². The van der Waals surface area contributed by atoms with Crippen molar-refractivity contribution in [1.29, 1.82) is 0 Å². The highest BCUT2D eigenvalue weighted by atomic mass is 32.1. The number of amides is 1. The Labute approximate surface area is 112 Å². The standard InChI is InChI=1S/C13H21N3OS/c1-7-4-8(2)6-10(5-7)16-12(17)11-9(3)15-13(14)18-11/h7-8,10H,4-6H2,1-3H3,(H2,14,15)(H,16,17). The van der Waals surface area contributed by atoms with Crippen molar-refractivity contribution < 1.29 is 4.79 Å². The van der Waals surface area contributed by atoms with Crippen LogP contribution in [0.5, 0.6) is 0 Å². The maximum Gasteiger partial charge on any atom is 0.263 e. The van der Waals surface area contributed by atoms with E-state index in [-0.39, 0.29) is 5.91 Å². The van der Waals surface area contributed by atoms with E-state index in [0.29, 0.717) is 27.9 Å². The zero-order valence-corrected chi connectivity index (χ0v) is 12.0. The Morgan fingerprint density at radius 1 is 1.33 bits per heavy atom. The molecule has 18 heavy (non-hydrogen) atoms. The Balaban J connectivity index is 2.01. The number of carbonyl (C=O) groups is 1. The monoisotopic (exact) mass is 267 g/mol. The topological polar surface area (TPSA) is 68.0 Å².